The third-order valence-corrected chi connectivity index (χ3v) is 8.12. The number of carbonyl (C=O) groups excluding carboxylic acids is 1. The summed E-state index contributed by atoms with van der Waals surface area (Å²) in [6, 6.07) is 6.46. The van der Waals surface area contributed by atoms with E-state index in [9.17, 15) is 14.7 Å². The average molecular weight is 536 g/mol. The molecule has 1 amide bonds. The minimum atomic E-state index is -0.483. The molecule has 2 atom stereocenters. The largest absolute Gasteiger partial charge is 0.486 e. The van der Waals surface area contributed by atoms with Crippen molar-refractivity contribution in [1.82, 2.24) is 24.9 Å². The molecule has 9 nitrogen and oxygen atoms in total. The summed E-state index contributed by atoms with van der Waals surface area (Å²) in [5.74, 6) is 0.856. The van der Waals surface area contributed by atoms with Crippen LogP contribution < -0.4 is 15.6 Å². The number of hydrogen-bond acceptors (Lipinski definition) is 6. The molecule has 0 aliphatic heterocycles. The standard InChI is InChI=1S/C28H30ClN5O4/c29-20-10-6-12-22(24(20)26(37)32-28(13-14-28)19-9-4-5-11-21(19)35)38-16-18-15-23(36)34-27(30-18)31-25(33-34)17-7-2-1-3-8-17/h4-7,10,12,15,19,21,35H,1-3,8-9,11,13-14,16H2,(H,32,37)(H,30,31,33). The van der Waals surface area contributed by atoms with E-state index in [1.807, 2.05) is 6.08 Å². The van der Waals surface area contributed by atoms with Gasteiger partial charge in [0, 0.05) is 17.5 Å². The van der Waals surface area contributed by atoms with Crippen molar-refractivity contribution in [3.8, 4) is 5.75 Å². The van der Waals surface area contributed by atoms with Crippen LogP contribution in [0.4, 0.5) is 0 Å². The Bertz CT molecular complexity index is 1500. The lowest BCUT2D eigenvalue weighted by atomic mass is 9.83. The maximum Gasteiger partial charge on any atom is 0.276 e. The summed E-state index contributed by atoms with van der Waals surface area (Å²) >= 11 is 6.46. The second-order valence-corrected chi connectivity index (χ2v) is 10.8. The van der Waals surface area contributed by atoms with Crippen LogP contribution in [-0.2, 0) is 6.61 Å². The van der Waals surface area contributed by atoms with Gasteiger partial charge in [-0.2, -0.15) is 9.50 Å². The van der Waals surface area contributed by atoms with Gasteiger partial charge >= 0.3 is 0 Å². The van der Waals surface area contributed by atoms with Gasteiger partial charge in [-0.25, -0.2) is 0 Å². The number of aliphatic hydroxyl groups excluding tert-OH is 1. The normalized spacial score (nSPS) is 22.2. The molecule has 3 N–H and O–H groups in total. The Labute approximate surface area is 224 Å². The number of fused-ring (bicyclic) bond motifs is 1. The predicted octanol–water partition coefficient (Wildman–Crippen LogP) is 4.20. The molecule has 2 unspecified atom stereocenters. The molecule has 3 aromatic rings. The van der Waals surface area contributed by atoms with Crippen molar-refractivity contribution >= 4 is 28.9 Å². The number of hydrogen-bond donors (Lipinski definition) is 3. The average Bonchev–Trinajstić information content (AvgIpc) is 3.55. The summed E-state index contributed by atoms with van der Waals surface area (Å²) in [5, 5.41) is 18.3. The van der Waals surface area contributed by atoms with Crippen molar-refractivity contribution in [1.29, 1.82) is 0 Å². The highest BCUT2D eigenvalue weighted by Gasteiger charge is 2.53. The zero-order chi connectivity index (χ0) is 26.3. The van der Waals surface area contributed by atoms with Crippen molar-refractivity contribution in [2.45, 2.75) is 69.6 Å². The number of rotatable bonds is 7. The number of amides is 1. The highest BCUT2D eigenvalue weighted by molar-refractivity contribution is 6.34. The van der Waals surface area contributed by atoms with Crippen LogP contribution >= 0.6 is 11.6 Å². The molecule has 0 saturated heterocycles. The number of aliphatic hydroxyl groups is 1. The van der Waals surface area contributed by atoms with Gasteiger partial charge in [0.1, 0.15) is 12.4 Å². The Morgan fingerprint density at radius 2 is 2.11 bits per heavy atom. The molecule has 0 bridgehead atoms. The van der Waals surface area contributed by atoms with Gasteiger partial charge in [-0.05, 0) is 69.1 Å². The zero-order valence-corrected chi connectivity index (χ0v) is 21.7. The molecule has 0 spiro atoms. The smallest absolute Gasteiger partial charge is 0.276 e. The molecule has 1 fully saturated rings. The first-order chi connectivity index (χ1) is 18.4. The number of benzene rings is 1. The van der Waals surface area contributed by atoms with Crippen molar-refractivity contribution < 1.29 is 14.6 Å². The third-order valence-electron chi connectivity index (χ3n) is 7.81. The van der Waals surface area contributed by atoms with Crippen molar-refractivity contribution in [3.05, 3.63) is 75.0 Å². The Hall–Kier alpha value is -3.43. The van der Waals surface area contributed by atoms with E-state index < -0.39 is 11.6 Å². The Kier molecular flexibility index (Phi) is 6.57. The van der Waals surface area contributed by atoms with E-state index in [0.717, 1.165) is 50.5 Å². The van der Waals surface area contributed by atoms with Crippen LogP contribution in [0.25, 0.3) is 11.4 Å². The number of H-pyrrole nitrogens is 1. The van der Waals surface area contributed by atoms with Gasteiger partial charge in [-0.3, -0.25) is 9.59 Å². The monoisotopic (exact) mass is 535 g/mol. The number of aromatic nitrogens is 4. The van der Waals surface area contributed by atoms with Gasteiger partial charge in [-0.15, -0.1) is 5.10 Å². The summed E-state index contributed by atoms with van der Waals surface area (Å²) in [7, 11) is 0. The molecule has 2 heterocycles. The van der Waals surface area contributed by atoms with Crippen LogP contribution in [0, 0.1) is 5.92 Å². The van der Waals surface area contributed by atoms with E-state index in [0.29, 0.717) is 29.5 Å². The van der Waals surface area contributed by atoms with Crippen molar-refractivity contribution in [2.24, 2.45) is 5.92 Å². The Balaban J connectivity index is 1.21. The topological polar surface area (TPSA) is 122 Å². The second-order valence-electron chi connectivity index (χ2n) is 10.4. The van der Waals surface area contributed by atoms with Gasteiger partial charge in [0.05, 0.1) is 22.4 Å². The molecule has 10 heteroatoms. The number of nitrogens with one attached hydrogen (secondary N) is 2. The lowest BCUT2D eigenvalue weighted by Crippen LogP contribution is -2.47. The number of carbonyl (C=O) groups is 1. The minimum absolute atomic E-state index is 0.00846. The van der Waals surface area contributed by atoms with Crippen LogP contribution in [0.3, 0.4) is 0 Å². The van der Waals surface area contributed by atoms with E-state index in [-0.39, 0.29) is 34.6 Å². The molecule has 1 aromatic carbocycles. The Morgan fingerprint density at radius 3 is 2.87 bits per heavy atom. The first-order valence-corrected chi connectivity index (χ1v) is 13.6. The van der Waals surface area contributed by atoms with Gasteiger partial charge in [0.2, 0.25) is 5.78 Å². The quantitative estimate of drug-likeness (QED) is 0.390. The van der Waals surface area contributed by atoms with Gasteiger partial charge in [-0.1, -0.05) is 35.9 Å². The third kappa shape index (κ3) is 4.76. The number of aromatic amines is 1. The number of allylic oxidation sites excluding steroid dienone is 3. The molecule has 6 rings (SSSR count). The predicted molar refractivity (Wildman–Crippen MR) is 143 cm³/mol. The first-order valence-electron chi connectivity index (χ1n) is 13.2. The van der Waals surface area contributed by atoms with Crippen molar-refractivity contribution in [2.75, 3.05) is 0 Å². The summed E-state index contributed by atoms with van der Waals surface area (Å²) in [6.07, 6.45) is 12.8. The fourth-order valence-corrected chi connectivity index (χ4v) is 5.85. The molecular formula is C28H30ClN5O4. The highest BCUT2D eigenvalue weighted by Crippen LogP contribution is 2.47. The minimum Gasteiger partial charge on any atom is -0.486 e. The second kappa shape index (κ2) is 10.0. The maximum absolute atomic E-state index is 13.4. The fourth-order valence-electron chi connectivity index (χ4n) is 5.60. The fraction of sp³-hybridized carbons (Fsp3) is 0.429. The van der Waals surface area contributed by atoms with E-state index in [2.05, 4.69) is 32.5 Å². The SMILES string of the molecule is O=C(NC1(C2CC=CCC2O)CC1)c1c(Cl)cccc1OCc1cc(=O)n2nc(C3=CCCCC3)nc2[nH]1. The number of ether oxygens (including phenoxy) is 1. The van der Waals surface area contributed by atoms with Gasteiger partial charge in [0.15, 0.2) is 5.82 Å². The molecule has 2 aromatic heterocycles. The number of halogens is 1. The molecule has 198 valence electrons. The molecule has 3 aliphatic rings. The van der Waals surface area contributed by atoms with Crippen LogP contribution in [-0.4, -0.2) is 42.2 Å². The van der Waals surface area contributed by atoms with Gasteiger partial charge in [0.25, 0.3) is 11.5 Å². The van der Waals surface area contributed by atoms with Crippen LogP contribution in [0.2, 0.25) is 5.02 Å². The van der Waals surface area contributed by atoms with Crippen molar-refractivity contribution in [3.63, 3.8) is 0 Å². The number of nitrogens with zero attached hydrogens (tertiary/aromatic N) is 3. The van der Waals surface area contributed by atoms with Crippen LogP contribution in [0.5, 0.6) is 5.75 Å². The van der Waals surface area contributed by atoms with E-state index in [1.165, 1.54) is 10.6 Å². The molecule has 0 radical (unpaired) electrons. The maximum atomic E-state index is 13.4. The highest BCUT2D eigenvalue weighted by atomic mass is 35.5. The lowest BCUT2D eigenvalue weighted by molar-refractivity contribution is 0.0664. The lowest BCUT2D eigenvalue weighted by Gasteiger charge is -2.33. The molecule has 3 aliphatic carbocycles. The summed E-state index contributed by atoms with van der Waals surface area (Å²) in [6.45, 7) is 0.00846. The van der Waals surface area contributed by atoms with E-state index in [1.54, 1.807) is 18.2 Å². The Morgan fingerprint density at radius 1 is 1.26 bits per heavy atom. The zero-order valence-electron chi connectivity index (χ0n) is 21.0. The van der Waals surface area contributed by atoms with Crippen LogP contribution in [0.15, 0.2) is 47.3 Å². The van der Waals surface area contributed by atoms with Crippen LogP contribution in [0.1, 0.15) is 73.2 Å². The summed E-state index contributed by atoms with van der Waals surface area (Å²) in [5.41, 5.74) is 1.05. The summed E-state index contributed by atoms with van der Waals surface area (Å²) < 4.78 is 7.27. The first kappa shape index (κ1) is 24.9. The van der Waals surface area contributed by atoms with E-state index >= 15 is 0 Å². The van der Waals surface area contributed by atoms with Gasteiger partial charge < -0.3 is 20.1 Å². The molecule has 1 saturated carbocycles. The summed E-state index contributed by atoms with van der Waals surface area (Å²) in [4.78, 5) is 33.8. The van der Waals surface area contributed by atoms with E-state index in [4.69, 9.17) is 16.3 Å². The molecular weight excluding hydrogens is 506 g/mol. The molecule has 38 heavy (non-hydrogen) atoms.